The van der Waals surface area contributed by atoms with Gasteiger partial charge < -0.3 is 15.8 Å². The molecule has 2 unspecified atom stereocenters. The molecule has 0 aromatic heterocycles. The number of nitrogens with zero attached hydrogens (tertiary/aromatic N) is 1. The standard InChI is InChI=1S/C15H23N3O/c1-3-6-11-9-14(11)18-15(16)17-13-8-5-4-7-12(13)10-19-2/h4-5,7-8,11,14H,3,6,9-10H2,1-2H3,(H3,16,17,18). The van der Waals surface area contributed by atoms with Crippen molar-refractivity contribution in [2.24, 2.45) is 16.6 Å². The first-order valence-corrected chi connectivity index (χ1v) is 6.91. The van der Waals surface area contributed by atoms with E-state index in [0.29, 0.717) is 18.6 Å². The molecule has 3 N–H and O–H groups in total. The smallest absolute Gasteiger partial charge is 0.193 e. The number of aliphatic imine (C=N–C) groups is 1. The van der Waals surface area contributed by atoms with Gasteiger partial charge in [0, 0.05) is 18.4 Å². The van der Waals surface area contributed by atoms with Crippen LogP contribution >= 0.6 is 0 Å². The lowest BCUT2D eigenvalue weighted by Crippen LogP contribution is -2.24. The van der Waals surface area contributed by atoms with Crippen molar-refractivity contribution in [2.75, 3.05) is 12.4 Å². The van der Waals surface area contributed by atoms with E-state index in [0.717, 1.165) is 17.2 Å². The number of methoxy groups -OCH3 is 1. The lowest BCUT2D eigenvalue weighted by Gasteiger charge is -2.10. The van der Waals surface area contributed by atoms with Crippen molar-refractivity contribution < 1.29 is 4.74 Å². The van der Waals surface area contributed by atoms with Crippen molar-refractivity contribution in [3.05, 3.63) is 29.8 Å². The highest BCUT2D eigenvalue weighted by atomic mass is 16.5. The molecule has 1 aliphatic carbocycles. The van der Waals surface area contributed by atoms with Gasteiger partial charge in [-0.2, -0.15) is 0 Å². The van der Waals surface area contributed by atoms with Crippen LogP contribution < -0.4 is 11.1 Å². The summed E-state index contributed by atoms with van der Waals surface area (Å²) in [5.74, 6) is 1.24. The number of nitrogens with two attached hydrogens (primary N) is 1. The van der Waals surface area contributed by atoms with Crippen molar-refractivity contribution >= 4 is 11.6 Å². The highest BCUT2D eigenvalue weighted by molar-refractivity contribution is 5.93. The van der Waals surface area contributed by atoms with Crippen molar-refractivity contribution in [1.29, 1.82) is 0 Å². The number of hydrogen-bond acceptors (Lipinski definition) is 2. The lowest BCUT2D eigenvalue weighted by molar-refractivity contribution is 0.185. The van der Waals surface area contributed by atoms with Crippen molar-refractivity contribution in [2.45, 2.75) is 38.8 Å². The minimum absolute atomic E-state index is 0.419. The molecule has 0 radical (unpaired) electrons. The Balaban J connectivity index is 1.95. The fourth-order valence-electron chi connectivity index (χ4n) is 2.34. The molecule has 0 heterocycles. The predicted molar refractivity (Wildman–Crippen MR) is 79.2 cm³/mol. The van der Waals surface area contributed by atoms with Crippen LogP contribution in [-0.2, 0) is 11.3 Å². The molecule has 0 bridgehead atoms. The lowest BCUT2D eigenvalue weighted by atomic mass is 10.2. The minimum atomic E-state index is 0.419. The third-order valence-electron chi connectivity index (χ3n) is 3.43. The zero-order valence-corrected chi connectivity index (χ0v) is 11.7. The fourth-order valence-corrected chi connectivity index (χ4v) is 2.34. The van der Waals surface area contributed by atoms with E-state index in [-0.39, 0.29) is 0 Å². The van der Waals surface area contributed by atoms with E-state index in [4.69, 9.17) is 10.5 Å². The number of guanidine groups is 1. The SMILES string of the molecule is CCCC1CC1N=C(N)Nc1ccccc1COC. The van der Waals surface area contributed by atoms with Gasteiger partial charge in [-0.1, -0.05) is 31.5 Å². The summed E-state index contributed by atoms with van der Waals surface area (Å²) in [7, 11) is 1.69. The normalized spacial score (nSPS) is 22.3. The summed E-state index contributed by atoms with van der Waals surface area (Å²) in [6.07, 6.45) is 3.65. The molecule has 0 amide bonds. The van der Waals surface area contributed by atoms with Crippen LogP contribution in [0.2, 0.25) is 0 Å². The molecule has 1 saturated carbocycles. The molecule has 0 aliphatic heterocycles. The highest BCUT2D eigenvalue weighted by Crippen LogP contribution is 2.37. The summed E-state index contributed by atoms with van der Waals surface area (Å²) >= 11 is 0. The molecule has 2 rings (SSSR count). The Bertz CT molecular complexity index is 445. The van der Waals surface area contributed by atoms with Crippen molar-refractivity contribution in [3.8, 4) is 0 Å². The molecule has 0 spiro atoms. The van der Waals surface area contributed by atoms with E-state index < -0.39 is 0 Å². The van der Waals surface area contributed by atoms with Gasteiger partial charge in [0.2, 0.25) is 0 Å². The van der Waals surface area contributed by atoms with Crippen LogP contribution in [0.15, 0.2) is 29.3 Å². The average molecular weight is 261 g/mol. The van der Waals surface area contributed by atoms with Crippen molar-refractivity contribution in [1.82, 2.24) is 0 Å². The van der Waals surface area contributed by atoms with Gasteiger partial charge in [-0.15, -0.1) is 0 Å². The number of rotatable bonds is 6. The van der Waals surface area contributed by atoms with E-state index in [2.05, 4.69) is 17.2 Å². The van der Waals surface area contributed by atoms with Gasteiger partial charge in [0.05, 0.1) is 12.6 Å². The van der Waals surface area contributed by atoms with E-state index in [1.54, 1.807) is 7.11 Å². The Morgan fingerprint density at radius 3 is 3.00 bits per heavy atom. The molecule has 19 heavy (non-hydrogen) atoms. The molecular weight excluding hydrogens is 238 g/mol. The Hall–Kier alpha value is -1.55. The number of para-hydroxylation sites is 1. The van der Waals surface area contributed by atoms with Gasteiger partial charge in [0.1, 0.15) is 0 Å². The van der Waals surface area contributed by atoms with Crippen LogP contribution in [-0.4, -0.2) is 19.1 Å². The summed E-state index contributed by atoms with van der Waals surface area (Å²) < 4.78 is 5.17. The molecule has 1 fully saturated rings. The topological polar surface area (TPSA) is 59.6 Å². The summed E-state index contributed by atoms with van der Waals surface area (Å²) in [6.45, 7) is 2.78. The number of anilines is 1. The van der Waals surface area contributed by atoms with Crippen LogP contribution in [0.1, 0.15) is 31.7 Å². The Morgan fingerprint density at radius 2 is 2.26 bits per heavy atom. The second kappa shape index (κ2) is 6.57. The number of benzene rings is 1. The molecule has 1 aliphatic rings. The molecule has 0 saturated heterocycles. The minimum Gasteiger partial charge on any atom is -0.380 e. The molecule has 2 atom stereocenters. The van der Waals surface area contributed by atoms with Crippen LogP contribution in [0.5, 0.6) is 0 Å². The number of hydrogen-bond donors (Lipinski definition) is 2. The van der Waals surface area contributed by atoms with Crippen LogP contribution in [0, 0.1) is 5.92 Å². The monoisotopic (exact) mass is 261 g/mol. The maximum Gasteiger partial charge on any atom is 0.193 e. The van der Waals surface area contributed by atoms with Gasteiger partial charge in [0.25, 0.3) is 0 Å². The van der Waals surface area contributed by atoms with Crippen LogP contribution in [0.25, 0.3) is 0 Å². The van der Waals surface area contributed by atoms with Gasteiger partial charge in [-0.3, -0.25) is 0 Å². The largest absolute Gasteiger partial charge is 0.380 e. The molecule has 4 nitrogen and oxygen atoms in total. The summed E-state index contributed by atoms with van der Waals surface area (Å²) in [4.78, 5) is 4.53. The van der Waals surface area contributed by atoms with E-state index in [1.807, 2.05) is 24.3 Å². The average Bonchev–Trinajstić information content (AvgIpc) is 3.10. The maximum absolute atomic E-state index is 5.97. The molecule has 4 heteroatoms. The first kappa shape index (κ1) is 13.9. The first-order chi connectivity index (χ1) is 9.24. The van der Waals surface area contributed by atoms with Crippen molar-refractivity contribution in [3.63, 3.8) is 0 Å². The summed E-state index contributed by atoms with van der Waals surface area (Å²) in [6, 6.07) is 8.40. The third-order valence-corrected chi connectivity index (χ3v) is 3.43. The van der Waals surface area contributed by atoms with Gasteiger partial charge in [0.15, 0.2) is 5.96 Å². The summed E-state index contributed by atoms with van der Waals surface area (Å²) in [5, 5.41) is 3.18. The zero-order chi connectivity index (χ0) is 13.7. The Morgan fingerprint density at radius 1 is 1.47 bits per heavy atom. The van der Waals surface area contributed by atoms with Crippen LogP contribution in [0.4, 0.5) is 5.69 Å². The quantitative estimate of drug-likeness (QED) is 0.611. The van der Waals surface area contributed by atoms with E-state index in [9.17, 15) is 0 Å². The fraction of sp³-hybridized carbons (Fsp3) is 0.533. The predicted octanol–water partition coefficient (Wildman–Crippen LogP) is 2.75. The van der Waals surface area contributed by atoms with Crippen LogP contribution in [0.3, 0.4) is 0 Å². The zero-order valence-electron chi connectivity index (χ0n) is 11.7. The Labute approximate surface area is 115 Å². The summed E-state index contributed by atoms with van der Waals surface area (Å²) in [5.41, 5.74) is 8.03. The molecule has 104 valence electrons. The second-order valence-corrected chi connectivity index (χ2v) is 5.08. The van der Waals surface area contributed by atoms with E-state index in [1.165, 1.54) is 19.3 Å². The van der Waals surface area contributed by atoms with Gasteiger partial charge in [-0.05, 0) is 24.8 Å². The number of nitrogens with one attached hydrogen (secondary N) is 1. The third kappa shape index (κ3) is 3.96. The van der Waals surface area contributed by atoms with E-state index >= 15 is 0 Å². The molecule has 1 aromatic carbocycles. The highest BCUT2D eigenvalue weighted by Gasteiger charge is 2.35. The van der Waals surface area contributed by atoms with Gasteiger partial charge >= 0.3 is 0 Å². The Kier molecular flexibility index (Phi) is 4.80. The number of ether oxygens (including phenoxy) is 1. The maximum atomic E-state index is 5.97. The molecular formula is C15H23N3O. The molecule has 1 aromatic rings. The first-order valence-electron chi connectivity index (χ1n) is 6.91. The second-order valence-electron chi connectivity index (χ2n) is 5.08. The van der Waals surface area contributed by atoms with Gasteiger partial charge in [-0.25, -0.2) is 4.99 Å².